The molecule has 1 aromatic heterocycles. The van der Waals surface area contributed by atoms with Crippen LogP contribution in [0.2, 0.25) is 0 Å². The lowest BCUT2D eigenvalue weighted by Gasteiger charge is -2.34. The topological polar surface area (TPSA) is 110 Å². The van der Waals surface area contributed by atoms with Gasteiger partial charge in [0.2, 0.25) is 0 Å². The minimum atomic E-state index is -3.80. The van der Waals surface area contributed by atoms with Crippen molar-refractivity contribution in [3.8, 4) is 5.75 Å². The lowest BCUT2D eigenvalue weighted by molar-refractivity contribution is 0.251. The SMILES string of the molecule is COc1cccc([S+](=O)([O-])N2CCC3(C2)C(=NC2CCCCC2)NC(=O)N3c2cccnc2)c1. The number of methoxy groups -OCH3 is 1. The molecular formula is C24H29N5O4S. The molecule has 2 atom stereocenters. The molecular weight excluding hydrogens is 454 g/mol. The number of anilines is 1. The van der Waals surface area contributed by atoms with Crippen LogP contribution in [-0.4, -0.2) is 57.5 Å². The zero-order valence-electron chi connectivity index (χ0n) is 19.2. The van der Waals surface area contributed by atoms with Gasteiger partial charge in [0.05, 0.1) is 31.6 Å². The van der Waals surface area contributed by atoms with Crippen LogP contribution in [-0.2, 0) is 14.6 Å². The Kier molecular flexibility index (Phi) is 6.13. The summed E-state index contributed by atoms with van der Waals surface area (Å²) in [5.41, 5.74) is -0.279. The summed E-state index contributed by atoms with van der Waals surface area (Å²) in [6, 6.07) is 9.88. The number of nitrogens with one attached hydrogen (secondary N) is 1. The van der Waals surface area contributed by atoms with Gasteiger partial charge < -0.3 is 9.29 Å². The van der Waals surface area contributed by atoms with E-state index in [9.17, 15) is 13.6 Å². The number of hydrogen-bond acceptors (Lipinski definition) is 6. The number of benzene rings is 1. The molecule has 2 unspecified atom stereocenters. The molecule has 3 aliphatic rings. The number of urea groups is 1. The van der Waals surface area contributed by atoms with Crippen LogP contribution in [0.4, 0.5) is 10.5 Å². The highest BCUT2D eigenvalue weighted by Gasteiger charge is 2.59. The predicted octanol–water partition coefficient (Wildman–Crippen LogP) is 3.40. The summed E-state index contributed by atoms with van der Waals surface area (Å²) in [5.74, 6) is 1.04. The van der Waals surface area contributed by atoms with Crippen LogP contribution in [0.5, 0.6) is 5.75 Å². The highest BCUT2D eigenvalue weighted by molar-refractivity contribution is 7.95. The van der Waals surface area contributed by atoms with Crippen LogP contribution < -0.4 is 15.0 Å². The number of pyridine rings is 1. The van der Waals surface area contributed by atoms with Crippen molar-refractivity contribution in [2.75, 3.05) is 25.1 Å². The molecule has 1 spiro atoms. The Morgan fingerprint density at radius 3 is 2.79 bits per heavy atom. The zero-order chi connectivity index (χ0) is 23.8. The molecule has 2 aliphatic heterocycles. The molecule has 1 aliphatic carbocycles. The van der Waals surface area contributed by atoms with Crippen molar-refractivity contribution >= 4 is 28.0 Å². The van der Waals surface area contributed by atoms with Gasteiger partial charge in [0.25, 0.3) is 0 Å². The first-order chi connectivity index (χ1) is 16.4. The summed E-state index contributed by atoms with van der Waals surface area (Å²) in [7, 11) is -2.29. The normalized spacial score (nSPS) is 26.7. The number of amidine groups is 1. The van der Waals surface area contributed by atoms with E-state index in [2.05, 4.69) is 10.3 Å². The van der Waals surface area contributed by atoms with E-state index in [-0.39, 0.29) is 30.1 Å². The third-order valence-corrected chi connectivity index (χ3v) is 8.82. The molecule has 180 valence electrons. The number of carbonyl (C=O) groups is 1. The second kappa shape index (κ2) is 9.09. The maximum atomic E-state index is 13.6. The lowest BCUT2D eigenvalue weighted by atomic mass is 9.93. The van der Waals surface area contributed by atoms with Crippen LogP contribution in [0.15, 0.2) is 58.7 Å². The van der Waals surface area contributed by atoms with Gasteiger partial charge in [0, 0.05) is 18.8 Å². The number of aliphatic imine (C=N–C) groups is 1. The van der Waals surface area contributed by atoms with Gasteiger partial charge in [-0.2, -0.15) is 0 Å². The smallest absolute Gasteiger partial charge is 0.328 e. The largest absolute Gasteiger partial charge is 0.593 e. The molecule has 34 heavy (non-hydrogen) atoms. The minimum Gasteiger partial charge on any atom is -0.593 e. The Balaban J connectivity index is 1.53. The highest BCUT2D eigenvalue weighted by atomic mass is 32.3. The van der Waals surface area contributed by atoms with Gasteiger partial charge in [0.1, 0.15) is 17.1 Å². The summed E-state index contributed by atoms with van der Waals surface area (Å²) in [4.78, 5) is 24.2. The van der Waals surface area contributed by atoms with Crippen LogP contribution in [0.3, 0.4) is 0 Å². The molecule has 1 saturated carbocycles. The average molecular weight is 484 g/mol. The number of aromatic nitrogens is 1. The molecule has 10 heteroatoms. The van der Waals surface area contributed by atoms with Gasteiger partial charge in [-0.25, -0.2) is 4.79 Å². The van der Waals surface area contributed by atoms with Crippen LogP contribution in [0.1, 0.15) is 38.5 Å². The van der Waals surface area contributed by atoms with Crippen molar-refractivity contribution in [3.63, 3.8) is 0 Å². The van der Waals surface area contributed by atoms with Gasteiger partial charge in [-0.3, -0.25) is 20.2 Å². The summed E-state index contributed by atoms with van der Waals surface area (Å²) < 4.78 is 33.8. The fraction of sp³-hybridized carbons (Fsp3) is 0.458. The van der Waals surface area contributed by atoms with E-state index in [1.165, 1.54) is 23.9 Å². The zero-order valence-corrected chi connectivity index (χ0v) is 20.0. The van der Waals surface area contributed by atoms with E-state index in [1.54, 1.807) is 41.6 Å². The first-order valence-electron chi connectivity index (χ1n) is 11.7. The number of hydrogen-bond donors (Lipinski definition) is 1. The number of sulfonamides is 1. The second-order valence-corrected chi connectivity index (χ2v) is 11.0. The molecule has 9 nitrogen and oxygen atoms in total. The summed E-state index contributed by atoms with van der Waals surface area (Å²) in [5, 5.41) is 2.98. The van der Waals surface area contributed by atoms with Crippen molar-refractivity contribution in [2.24, 2.45) is 4.99 Å². The molecule has 0 bridgehead atoms. The van der Waals surface area contributed by atoms with Gasteiger partial charge in [-0.05, 0) is 43.5 Å². The van der Waals surface area contributed by atoms with Crippen LogP contribution >= 0.6 is 0 Å². The van der Waals surface area contributed by atoms with Gasteiger partial charge in [0.15, 0.2) is 15.3 Å². The molecule has 3 fully saturated rings. The average Bonchev–Trinajstić information content (AvgIpc) is 3.42. The lowest BCUT2D eigenvalue weighted by Crippen LogP contribution is -2.53. The van der Waals surface area contributed by atoms with E-state index in [4.69, 9.17) is 9.73 Å². The molecule has 1 N–H and O–H groups in total. The van der Waals surface area contributed by atoms with Crippen molar-refractivity contribution in [1.29, 1.82) is 0 Å². The molecule has 1 aromatic carbocycles. The van der Waals surface area contributed by atoms with Crippen LogP contribution in [0.25, 0.3) is 0 Å². The number of nitrogens with zero attached hydrogens (tertiary/aromatic N) is 4. The summed E-state index contributed by atoms with van der Waals surface area (Å²) >= 11 is 0. The molecule has 0 radical (unpaired) electrons. The predicted molar refractivity (Wildman–Crippen MR) is 129 cm³/mol. The van der Waals surface area contributed by atoms with E-state index in [0.717, 1.165) is 25.7 Å². The number of ether oxygens (including phenoxy) is 1. The number of amides is 2. The minimum absolute atomic E-state index is 0.117. The fourth-order valence-electron chi connectivity index (χ4n) is 5.22. The Morgan fingerprint density at radius 1 is 1.24 bits per heavy atom. The van der Waals surface area contributed by atoms with Crippen molar-refractivity contribution in [3.05, 3.63) is 48.8 Å². The summed E-state index contributed by atoms with van der Waals surface area (Å²) in [6.07, 6.45) is 9.11. The Bertz CT molecular complexity index is 1140. The molecule has 2 amide bonds. The van der Waals surface area contributed by atoms with Gasteiger partial charge in [-0.1, -0.05) is 29.5 Å². The van der Waals surface area contributed by atoms with Gasteiger partial charge in [-0.15, -0.1) is 4.31 Å². The fourth-order valence-corrected chi connectivity index (χ4v) is 6.75. The first-order valence-corrected chi connectivity index (χ1v) is 13.1. The Hall–Kier alpha value is -2.82. The van der Waals surface area contributed by atoms with E-state index >= 15 is 0 Å². The van der Waals surface area contributed by atoms with Gasteiger partial charge >= 0.3 is 6.03 Å². The first kappa shape index (κ1) is 22.9. The standard InChI is InChI=1S/C24H29N5O4S/c1-33-20-10-5-11-21(15-20)34(31,32)28-14-12-24(17-28)22(26-18-7-3-2-4-8-18)27-23(30)29(24)19-9-6-13-25-16-19/h5-6,9-11,13,15-16,18H,2-4,7-8,12,14,17H2,1H3,(H-,26,27,30,31,32). The molecule has 5 rings (SSSR count). The van der Waals surface area contributed by atoms with Crippen molar-refractivity contribution < 1.29 is 18.3 Å². The third-order valence-electron chi connectivity index (χ3n) is 6.98. The monoisotopic (exact) mass is 483 g/mol. The molecule has 2 aromatic rings. The van der Waals surface area contributed by atoms with E-state index in [0.29, 0.717) is 23.7 Å². The van der Waals surface area contributed by atoms with Crippen molar-refractivity contribution in [1.82, 2.24) is 14.6 Å². The van der Waals surface area contributed by atoms with Crippen LogP contribution in [0, 0.1) is 0 Å². The molecule has 2 saturated heterocycles. The Morgan fingerprint density at radius 2 is 2.06 bits per heavy atom. The number of carbonyl (C=O) groups excluding carboxylic acids is 1. The van der Waals surface area contributed by atoms with E-state index in [1.807, 2.05) is 6.07 Å². The molecule has 3 heterocycles. The highest BCUT2D eigenvalue weighted by Crippen LogP contribution is 2.40. The summed E-state index contributed by atoms with van der Waals surface area (Å²) in [6.45, 7) is 0.390. The maximum Gasteiger partial charge on any atom is 0.328 e. The quantitative estimate of drug-likeness (QED) is 0.656. The maximum absolute atomic E-state index is 13.6. The Labute approximate surface area is 200 Å². The third kappa shape index (κ3) is 3.99. The van der Waals surface area contributed by atoms with Crippen molar-refractivity contribution in [2.45, 2.75) is 55.0 Å². The number of rotatable bonds is 5. The van der Waals surface area contributed by atoms with E-state index < -0.39 is 15.9 Å². The second-order valence-electron chi connectivity index (χ2n) is 9.05.